The first-order valence-corrected chi connectivity index (χ1v) is 8.95. The Morgan fingerprint density at radius 1 is 1.08 bits per heavy atom. The van der Waals surface area contributed by atoms with E-state index in [1.54, 1.807) is 0 Å². The second kappa shape index (κ2) is 8.39. The van der Waals surface area contributed by atoms with Crippen molar-refractivity contribution in [2.45, 2.75) is 47.1 Å². The predicted octanol–water partition coefficient (Wildman–Crippen LogP) is 5.22. The molecule has 0 saturated carbocycles. The molecule has 0 unspecified atom stereocenters. The number of amides is 1. The molecule has 1 atom stereocenters. The lowest BCUT2D eigenvalue weighted by molar-refractivity contribution is -0.123. The number of benzene rings is 2. The van der Waals surface area contributed by atoms with Crippen molar-refractivity contribution < 1.29 is 9.53 Å². The monoisotopic (exact) mass is 359 g/mol. The molecule has 0 heterocycles. The Labute approximate surface area is 155 Å². The van der Waals surface area contributed by atoms with E-state index in [0.29, 0.717) is 5.75 Å². The van der Waals surface area contributed by atoms with Gasteiger partial charge in [0.25, 0.3) is 5.91 Å². The maximum atomic E-state index is 12.3. The topological polar surface area (TPSA) is 38.3 Å². The normalized spacial score (nSPS) is 11.9. The van der Waals surface area contributed by atoms with Gasteiger partial charge in [-0.2, -0.15) is 0 Å². The first-order chi connectivity index (χ1) is 11.8. The van der Waals surface area contributed by atoms with Crippen molar-refractivity contribution >= 4 is 17.5 Å². The van der Waals surface area contributed by atoms with Gasteiger partial charge in [-0.15, -0.1) is 0 Å². The van der Waals surface area contributed by atoms with Gasteiger partial charge in [-0.05, 0) is 68.5 Å². The third-order valence-corrected chi connectivity index (χ3v) is 4.92. The fourth-order valence-corrected chi connectivity index (χ4v) is 3.10. The molecule has 0 saturated heterocycles. The summed E-state index contributed by atoms with van der Waals surface area (Å²) in [7, 11) is 0. The van der Waals surface area contributed by atoms with E-state index in [1.165, 1.54) is 11.1 Å². The Kier molecular flexibility index (Phi) is 6.49. The van der Waals surface area contributed by atoms with Crippen LogP contribution in [0.15, 0.2) is 30.3 Å². The smallest absolute Gasteiger partial charge is 0.258 e. The quantitative estimate of drug-likeness (QED) is 0.767. The summed E-state index contributed by atoms with van der Waals surface area (Å²) in [6.45, 7) is 10.1. The van der Waals surface area contributed by atoms with Gasteiger partial charge in [0.05, 0.1) is 6.04 Å². The Morgan fingerprint density at radius 2 is 1.72 bits per heavy atom. The highest BCUT2D eigenvalue weighted by molar-refractivity contribution is 6.32. The van der Waals surface area contributed by atoms with E-state index in [2.05, 4.69) is 44.3 Å². The summed E-state index contributed by atoms with van der Waals surface area (Å²) >= 11 is 6.16. The lowest BCUT2D eigenvalue weighted by atomic mass is 9.97. The van der Waals surface area contributed by atoms with Crippen LogP contribution >= 0.6 is 11.6 Å². The van der Waals surface area contributed by atoms with Gasteiger partial charge in [-0.3, -0.25) is 4.79 Å². The number of halogens is 1. The average molecular weight is 360 g/mol. The standard InChI is InChI=1S/C21H26ClNO2/c1-6-19(18-8-7-13(2)9-14(18)3)23-20(24)12-25-17-10-15(4)21(22)16(5)11-17/h7-11,19H,6,12H2,1-5H3,(H,23,24)/t19-/m1/s1. The second-order valence-electron chi connectivity index (χ2n) is 6.55. The van der Waals surface area contributed by atoms with Crippen molar-refractivity contribution in [3.63, 3.8) is 0 Å². The highest BCUT2D eigenvalue weighted by atomic mass is 35.5. The van der Waals surface area contributed by atoms with E-state index in [0.717, 1.165) is 28.1 Å². The Bertz CT molecular complexity index is 747. The van der Waals surface area contributed by atoms with Crippen molar-refractivity contribution in [2.24, 2.45) is 0 Å². The second-order valence-corrected chi connectivity index (χ2v) is 6.93. The van der Waals surface area contributed by atoms with E-state index in [4.69, 9.17) is 16.3 Å². The minimum absolute atomic E-state index is 0.00890. The highest BCUT2D eigenvalue weighted by Crippen LogP contribution is 2.26. The van der Waals surface area contributed by atoms with E-state index >= 15 is 0 Å². The van der Waals surface area contributed by atoms with Crippen molar-refractivity contribution in [3.05, 3.63) is 63.2 Å². The summed E-state index contributed by atoms with van der Waals surface area (Å²) in [5, 5.41) is 3.80. The molecule has 3 nitrogen and oxygen atoms in total. The summed E-state index contributed by atoms with van der Waals surface area (Å²) in [5.41, 5.74) is 5.45. The summed E-state index contributed by atoms with van der Waals surface area (Å²) < 4.78 is 5.64. The number of rotatable bonds is 6. The molecule has 0 bridgehead atoms. The van der Waals surface area contributed by atoms with Gasteiger partial charge in [0.15, 0.2) is 6.61 Å². The summed E-state index contributed by atoms with van der Waals surface area (Å²) in [6.07, 6.45) is 0.828. The number of aryl methyl sites for hydroxylation is 4. The summed E-state index contributed by atoms with van der Waals surface area (Å²) in [4.78, 5) is 12.3. The van der Waals surface area contributed by atoms with Crippen LogP contribution in [0.25, 0.3) is 0 Å². The van der Waals surface area contributed by atoms with Crippen LogP contribution in [-0.2, 0) is 4.79 Å². The molecule has 134 valence electrons. The van der Waals surface area contributed by atoms with Crippen molar-refractivity contribution in [2.75, 3.05) is 6.61 Å². The fraction of sp³-hybridized carbons (Fsp3) is 0.381. The molecule has 0 spiro atoms. The number of ether oxygens (including phenoxy) is 1. The predicted molar refractivity (Wildman–Crippen MR) is 104 cm³/mol. The molecule has 0 fully saturated rings. The van der Waals surface area contributed by atoms with Crippen LogP contribution in [0, 0.1) is 27.7 Å². The molecule has 0 aliphatic carbocycles. The molecule has 0 aromatic heterocycles. The van der Waals surface area contributed by atoms with Gasteiger partial charge in [0.2, 0.25) is 0 Å². The van der Waals surface area contributed by atoms with Crippen LogP contribution in [0.5, 0.6) is 5.75 Å². The largest absolute Gasteiger partial charge is 0.484 e. The molecule has 1 N–H and O–H groups in total. The van der Waals surface area contributed by atoms with E-state index < -0.39 is 0 Å². The molecule has 0 aliphatic rings. The summed E-state index contributed by atoms with van der Waals surface area (Å²) in [6, 6.07) is 10.00. The number of carbonyl (C=O) groups is 1. The Balaban J connectivity index is 2.01. The first kappa shape index (κ1) is 19.3. The van der Waals surface area contributed by atoms with Crippen LogP contribution < -0.4 is 10.1 Å². The minimum atomic E-state index is -0.128. The zero-order valence-corrected chi connectivity index (χ0v) is 16.3. The number of nitrogens with one attached hydrogen (secondary N) is 1. The highest BCUT2D eigenvalue weighted by Gasteiger charge is 2.15. The van der Waals surface area contributed by atoms with Gasteiger partial charge in [0.1, 0.15) is 5.75 Å². The molecule has 2 aromatic carbocycles. The number of hydrogen-bond donors (Lipinski definition) is 1. The average Bonchev–Trinajstić information content (AvgIpc) is 2.56. The lowest BCUT2D eigenvalue weighted by Gasteiger charge is -2.20. The number of carbonyl (C=O) groups excluding carboxylic acids is 1. The van der Waals surface area contributed by atoms with Crippen LogP contribution in [0.2, 0.25) is 5.02 Å². The van der Waals surface area contributed by atoms with E-state index in [9.17, 15) is 4.79 Å². The van der Waals surface area contributed by atoms with Gasteiger partial charge in [0, 0.05) is 5.02 Å². The van der Waals surface area contributed by atoms with Crippen LogP contribution in [-0.4, -0.2) is 12.5 Å². The Hall–Kier alpha value is -2.00. The third-order valence-electron chi connectivity index (χ3n) is 4.32. The van der Waals surface area contributed by atoms with E-state index in [-0.39, 0.29) is 18.6 Å². The van der Waals surface area contributed by atoms with Crippen LogP contribution in [0.3, 0.4) is 0 Å². The van der Waals surface area contributed by atoms with Gasteiger partial charge < -0.3 is 10.1 Å². The van der Waals surface area contributed by atoms with Gasteiger partial charge in [-0.25, -0.2) is 0 Å². The maximum Gasteiger partial charge on any atom is 0.258 e. The SMILES string of the molecule is CC[C@@H](NC(=O)COc1cc(C)c(Cl)c(C)c1)c1ccc(C)cc1C. The molecule has 1 amide bonds. The Morgan fingerprint density at radius 3 is 2.28 bits per heavy atom. The molecular formula is C21H26ClNO2. The third kappa shape index (κ3) is 4.99. The van der Waals surface area contributed by atoms with E-state index in [1.807, 2.05) is 26.0 Å². The fourth-order valence-electron chi connectivity index (χ4n) is 2.99. The molecule has 25 heavy (non-hydrogen) atoms. The summed E-state index contributed by atoms with van der Waals surface area (Å²) in [5.74, 6) is 0.534. The van der Waals surface area contributed by atoms with Crippen molar-refractivity contribution in [1.29, 1.82) is 0 Å². The zero-order valence-electron chi connectivity index (χ0n) is 15.6. The van der Waals surface area contributed by atoms with Crippen molar-refractivity contribution in [1.82, 2.24) is 5.32 Å². The van der Waals surface area contributed by atoms with Crippen LogP contribution in [0.1, 0.15) is 47.2 Å². The minimum Gasteiger partial charge on any atom is -0.484 e. The molecule has 2 aromatic rings. The lowest BCUT2D eigenvalue weighted by Crippen LogP contribution is -2.32. The van der Waals surface area contributed by atoms with Crippen LogP contribution in [0.4, 0.5) is 0 Å². The van der Waals surface area contributed by atoms with Crippen molar-refractivity contribution in [3.8, 4) is 5.75 Å². The van der Waals surface area contributed by atoms with Gasteiger partial charge in [-0.1, -0.05) is 42.3 Å². The molecule has 2 rings (SSSR count). The number of hydrogen-bond acceptors (Lipinski definition) is 2. The molecular weight excluding hydrogens is 334 g/mol. The van der Waals surface area contributed by atoms with Gasteiger partial charge >= 0.3 is 0 Å². The zero-order chi connectivity index (χ0) is 18.6. The molecule has 0 aliphatic heterocycles. The molecule has 4 heteroatoms. The maximum absolute atomic E-state index is 12.3. The first-order valence-electron chi connectivity index (χ1n) is 8.57. The molecule has 0 radical (unpaired) electrons.